The molecule has 1 atom stereocenters. The van der Waals surface area contributed by atoms with Crippen LogP contribution in [0.1, 0.15) is 34.8 Å². The molecule has 1 aliphatic heterocycles. The minimum Gasteiger partial charge on any atom is -0.497 e. The average Bonchev–Trinajstić information content (AvgIpc) is 3.00. The van der Waals surface area contributed by atoms with Gasteiger partial charge in [0.15, 0.2) is 6.10 Å². The van der Waals surface area contributed by atoms with Crippen molar-refractivity contribution in [1.29, 1.82) is 0 Å². The molecule has 1 heterocycles. The summed E-state index contributed by atoms with van der Waals surface area (Å²) >= 11 is 0. The lowest BCUT2D eigenvalue weighted by Gasteiger charge is -2.23. The first-order chi connectivity index (χ1) is 16.5. The Hall–Kier alpha value is -4.00. The van der Waals surface area contributed by atoms with Gasteiger partial charge in [-0.25, -0.2) is 0 Å². The zero-order valence-electron chi connectivity index (χ0n) is 19.5. The number of rotatable bonds is 7. The molecule has 0 aliphatic carbocycles. The predicted octanol–water partition coefficient (Wildman–Crippen LogP) is 4.66. The topological polar surface area (TPSA) is 77.1 Å². The summed E-state index contributed by atoms with van der Waals surface area (Å²) in [6.45, 7) is 2.80. The van der Waals surface area contributed by atoms with Crippen LogP contribution in [0.5, 0.6) is 17.2 Å². The van der Waals surface area contributed by atoms with Crippen LogP contribution < -0.4 is 19.5 Å². The van der Waals surface area contributed by atoms with Gasteiger partial charge in [0.1, 0.15) is 17.2 Å². The van der Waals surface area contributed by atoms with Gasteiger partial charge in [0.05, 0.1) is 19.8 Å². The van der Waals surface area contributed by atoms with Gasteiger partial charge in [0.25, 0.3) is 11.8 Å². The largest absolute Gasteiger partial charge is 0.497 e. The van der Waals surface area contributed by atoms with Gasteiger partial charge < -0.3 is 24.4 Å². The Kier molecular flexibility index (Phi) is 7.01. The van der Waals surface area contributed by atoms with Gasteiger partial charge in [-0.1, -0.05) is 37.3 Å². The van der Waals surface area contributed by atoms with Gasteiger partial charge in [0, 0.05) is 30.4 Å². The molecular weight excluding hydrogens is 432 g/mol. The second kappa shape index (κ2) is 10.3. The molecule has 0 bridgehead atoms. The second-order valence-corrected chi connectivity index (χ2v) is 8.04. The van der Waals surface area contributed by atoms with E-state index in [0.717, 1.165) is 11.1 Å². The first kappa shape index (κ1) is 23.2. The van der Waals surface area contributed by atoms with E-state index in [1.54, 1.807) is 42.3 Å². The van der Waals surface area contributed by atoms with Crippen molar-refractivity contribution >= 4 is 17.5 Å². The van der Waals surface area contributed by atoms with Crippen molar-refractivity contribution in [2.45, 2.75) is 32.5 Å². The molecule has 1 aliphatic rings. The van der Waals surface area contributed by atoms with E-state index >= 15 is 0 Å². The third-order valence-corrected chi connectivity index (χ3v) is 5.78. The Balaban J connectivity index is 1.59. The molecule has 0 saturated heterocycles. The fraction of sp³-hybridized carbons (Fsp3) is 0.259. The number of carbonyl (C=O) groups is 2. The second-order valence-electron chi connectivity index (χ2n) is 8.04. The van der Waals surface area contributed by atoms with Crippen LogP contribution in [0.15, 0.2) is 66.7 Å². The minimum absolute atomic E-state index is 0.0453. The highest BCUT2D eigenvalue weighted by atomic mass is 16.5. The lowest BCUT2D eigenvalue weighted by atomic mass is 10.1. The van der Waals surface area contributed by atoms with Crippen LogP contribution in [0.25, 0.3) is 0 Å². The lowest BCUT2D eigenvalue weighted by Crippen LogP contribution is -2.38. The SMILES string of the molecule is CC[C@H]1Oc2ccc(NC(=O)c3ccc(OC)cc3OC)cc2CN(Cc2ccccc2)C1=O. The predicted molar refractivity (Wildman–Crippen MR) is 129 cm³/mol. The highest BCUT2D eigenvalue weighted by Crippen LogP contribution is 2.31. The Morgan fingerprint density at radius 1 is 1.06 bits per heavy atom. The molecule has 0 radical (unpaired) electrons. The Bertz CT molecular complexity index is 1180. The van der Waals surface area contributed by atoms with Gasteiger partial charge in [-0.2, -0.15) is 0 Å². The fourth-order valence-electron chi connectivity index (χ4n) is 3.97. The molecule has 3 aromatic carbocycles. The van der Waals surface area contributed by atoms with E-state index in [1.165, 1.54) is 7.11 Å². The molecular formula is C27H28N2O5. The summed E-state index contributed by atoms with van der Waals surface area (Å²) in [6, 6.07) is 20.3. The van der Waals surface area contributed by atoms with Crippen molar-refractivity contribution in [3.63, 3.8) is 0 Å². The summed E-state index contributed by atoms with van der Waals surface area (Å²) in [5.41, 5.74) is 2.87. The number of methoxy groups -OCH3 is 2. The normalized spacial score (nSPS) is 15.1. The van der Waals surface area contributed by atoms with Crippen LogP contribution in [0, 0.1) is 0 Å². The number of anilines is 1. The summed E-state index contributed by atoms with van der Waals surface area (Å²) in [4.78, 5) is 27.9. The van der Waals surface area contributed by atoms with Gasteiger partial charge in [0.2, 0.25) is 0 Å². The van der Waals surface area contributed by atoms with Crippen LogP contribution in [0.3, 0.4) is 0 Å². The number of carbonyl (C=O) groups excluding carboxylic acids is 2. The summed E-state index contributed by atoms with van der Waals surface area (Å²) < 4.78 is 16.6. The smallest absolute Gasteiger partial charge is 0.264 e. The molecule has 1 N–H and O–H groups in total. The van der Waals surface area contributed by atoms with E-state index in [9.17, 15) is 9.59 Å². The molecule has 3 aromatic rings. The summed E-state index contributed by atoms with van der Waals surface area (Å²) in [6.07, 6.45) is 0.0215. The van der Waals surface area contributed by atoms with Crippen LogP contribution in [0.2, 0.25) is 0 Å². The number of fused-ring (bicyclic) bond motifs is 1. The van der Waals surface area contributed by atoms with E-state index in [2.05, 4.69) is 5.32 Å². The van der Waals surface area contributed by atoms with E-state index < -0.39 is 6.10 Å². The van der Waals surface area contributed by atoms with Crippen molar-refractivity contribution < 1.29 is 23.8 Å². The van der Waals surface area contributed by atoms with Crippen LogP contribution >= 0.6 is 0 Å². The molecule has 7 heteroatoms. The van der Waals surface area contributed by atoms with Gasteiger partial charge >= 0.3 is 0 Å². The third-order valence-electron chi connectivity index (χ3n) is 5.78. The molecule has 0 fully saturated rings. The number of amides is 2. The third kappa shape index (κ3) is 4.98. The molecule has 0 spiro atoms. The first-order valence-electron chi connectivity index (χ1n) is 11.2. The zero-order chi connectivity index (χ0) is 24.1. The Morgan fingerprint density at radius 2 is 1.85 bits per heavy atom. The maximum Gasteiger partial charge on any atom is 0.264 e. The standard InChI is InChI=1S/C27H28N2O5/c1-4-23-27(31)29(16-18-8-6-5-7-9-18)17-19-14-20(10-13-24(19)34-23)28-26(30)22-12-11-21(32-2)15-25(22)33-3/h5-15,23H,4,16-17H2,1-3H3,(H,28,30)/t23-/m1/s1. The number of nitrogens with zero attached hydrogens (tertiary/aromatic N) is 1. The van der Waals surface area contributed by atoms with Gasteiger partial charge in [-0.05, 0) is 42.3 Å². The molecule has 4 rings (SSSR count). The Morgan fingerprint density at radius 3 is 2.56 bits per heavy atom. The number of hydrogen-bond donors (Lipinski definition) is 1. The maximum atomic E-state index is 13.1. The lowest BCUT2D eigenvalue weighted by molar-refractivity contribution is -0.139. The van der Waals surface area contributed by atoms with E-state index in [-0.39, 0.29) is 11.8 Å². The molecule has 176 valence electrons. The van der Waals surface area contributed by atoms with Crippen LogP contribution in [-0.4, -0.2) is 37.0 Å². The van der Waals surface area contributed by atoms with Crippen molar-refractivity contribution in [1.82, 2.24) is 4.90 Å². The molecule has 34 heavy (non-hydrogen) atoms. The van der Waals surface area contributed by atoms with Gasteiger partial charge in [-0.3, -0.25) is 9.59 Å². The molecule has 0 aromatic heterocycles. The highest BCUT2D eigenvalue weighted by molar-refractivity contribution is 6.06. The quantitative estimate of drug-likeness (QED) is 0.555. The summed E-state index contributed by atoms with van der Waals surface area (Å²) in [7, 11) is 3.06. The van der Waals surface area contributed by atoms with Crippen molar-refractivity contribution in [3.05, 3.63) is 83.4 Å². The number of hydrogen-bond acceptors (Lipinski definition) is 5. The zero-order valence-corrected chi connectivity index (χ0v) is 19.5. The molecule has 0 unspecified atom stereocenters. The molecule has 2 amide bonds. The maximum absolute atomic E-state index is 13.1. The number of ether oxygens (including phenoxy) is 3. The van der Waals surface area contributed by atoms with Crippen molar-refractivity contribution in [2.75, 3.05) is 19.5 Å². The Labute approximate surface area is 199 Å². The fourth-order valence-corrected chi connectivity index (χ4v) is 3.97. The number of benzene rings is 3. The highest BCUT2D eigenvalue weighted by Gasteiger charge is 2.30. The van der Waals surface area contributed by atoms with E-state index in [4.69, 9.17) is 14.2 Å². The summed E-state index contributed by atoms with van der Waals surface area (Å²) in [5.74, 6) is 1.31. The van der Waals surface area contributed by atoms with Crippen LogP contribution in [0.4, 0.5) is 5.69 Å². The van der Waals surface area contributed by atoms with Gasteiger partial charge in [-0.15, -0.1) is 0 Å². The van der Waals surface area contributed by atoms with E-state index in [1.807, 2.05) is 43.3 Å². The van der Waals surface area contributed by atoms with Crippen molar-refractivity contribution in [3.8, 4) is 17.2 Å². The average molecular weight is 461 g/mol. The van der Waals surface area contributed by atoms with E-state index in [0.29, 0.717) is 48.0 Å². The minimum atomic E-state index is -0.547. The van der Waals surface area contributed by atoms with Crippen molar-refractivity contribution in [2.24, 2.45) is 0 Å². The molecule has 0 saturated carbocycles. The monoisotopic (exact) mass is 460 g/mol. The molecule has 7 nitrogen and oxygen atoms in total. The van der Waals surface area contributed by atoms with Crippen LogP contribution in [-0.2, 0) is 17.9 Å². The number of nitrogens with one attached hydrogen (secondary N) is 1. The first-order valence-corrected chi connectivity index (χ1v) is 11.2. The summed E-state index contributed by atoms with van der Waals surface area (Å²) in [5, 5.41) is 2.92.